The maximum Gasteiger partial charge on any atom is 0.407 e. The number of rotatable bonds is 3. The topological polar surface area (TPSA) is 38.3 Å². The van der Waals surface area contributed by atoms with Crippen LogP contribution in [0.5, 0.6) is 0 Å². The van der Waals surface area contributed by atoms with Crippen LogP contribution in [0.15, 0.2) is 0 Å². The molecule has 0 rings (SSSR count). The van der Waals surface area contributed by atoms with E-state index in [9.17, 15) is 9.18 Å². The van der Waals surface area contributed by atoms with Crippen molar-refractivity contribution in [3.63, 3.8) is 0 Å². The SMILES string of the molecule is CC.CC(C)(C)OC(=O)NCCCF. The fourth-order valence-electron chi connectivity index (χ4n) is 0.571. The fourth-order valence-corrected chi connectivity index (χ4v) is 0.571. The number of alkyl carbamates (subject to hydrolysis) is 1. The van der Waals surface area contributed by atoms with E-state index in [0.717, 1.165) is 0 Å². The minimum absolute atomic E-state index is 0.325. The average Bonchev–Trinajstić information content (AvgIpc) is 2.05. The summed E-state index contributed by atoms with van der Waals surface area (Å²) in [5.74, 6) is 0. The van der Waals surface area contributed by atoms with Crippen molar-refractivity contribution >= 4 is 6.09 Å². The second kappa shape index (κ2) is 8.78. The third-order valence-corrected chi connectivity index (χ3v) is 0.979. The minimum atomic E-state index is -0.490. The van der Waals surface area contributed by atoms with Gasteiger partial charge in [-0.15, -0.1) is 0 Å². The zero-order valence-electron chi connectivity index (χ0n) is 9.82. The van der Waals surface area contributed by atoms with E-state index in [1.54, 1.807) is 20.8 Å². The lowest BCUT2D eigenvalue weighted by atomic mass is 10.2. The van der Waals surface area contributed by atoms with Crippen LogP contribution in [0.2, 0.25) is 0 Å². The molecular weight excluding hydrogens is 185 g/mol. The molecule has 3 nitrogen and oxygen atoms in total. The summed E-state index contributed by atoms with van der Waals surface area (Å²) in [7, 11) is 0. The first-order valence-electron chi connectivity index (χ1n) is 4.98. The van der Waals surface area contributed by atoms with Gasteiger partial charge in [0.2, 0.25) is 0 Å². The first kappa shape index (κ1) is 15.7. The number of ether oxygens (including phenoxy) is 1. The van der Waals surface area contributed by atoms with Crippen LogP contribution in [0, 0.1) is 0 Å². The number of hydrogen-bond donors (Lipinski definition) is 1. The lowest BCUT2D eigenvalue weighted by molar-refractivity contribution is 0.0526. The Bertz CT molecular complexity index is 144. The Labute approximate surface area is 86.0 Å². The van der Waals surface area contributed by atoms with Crippen LogP contribution in [-0.2, 0) is 4.74 Å². The number of halogens is 1. The Balaban J connectivity index is 0. The molecule has 0 aliphatic heterocycles. The van der Waals surface area contributed by atoms with E-state index in [0.29, 0.717) is 13.0 Å². The van der Waals surface area contributed by atoms with Crippen LogP contribution in [0.1, 0.15) is 41.0 Å². The van der Waals surface area contributed by atoms with Crippen molar-refractivity contribution in [2.75, 3.05) is 13.2 Å². The third kappa shape index (κ3) is 13.8. The lowest BCUT2D eigenvalue weighted by Gasteiger charge is -2.19. The van der Waals surface area contributed by atoms with Crippen molar-refractivity contribution in [3.05, 3.63) is 0 Å². The molecule has 0 fully saturated rings. The molecule has 0 aromatic carbocycles. The highest BCUT2D eigenvalue weighted by molar-refractivity contribution is 5.67. The number of amides is 1. The van der Waals surface area contributed by atoms with Gasteiger partial charge in [0.05, 0.1) is 6.67 Å². The second-order valence-corrected chi connectivity index (χ2v) is 3.47. The summed E-state index contributed by atoms with van der Waals surface area (Å²) in [4.78, 5) is 10.9. The highest BCUT2D eigenvalue weighted by Crippen LogP contribution is 2.06. The Morgan fingerprint density at radius 2 is 1.86 bits per heavy atom. The summed E-state index contributed by atoms with van der Waals surface area (Å²) in [6.07, 6.45) is -0.157. The molecule has 1 amide bonds. The third-order valence-electron chi connectivity index (χ3n) is 0.979. The molecule has 0 bridgehead atoms. The zero-order chi connectivity index (χ0) is 11.6. The molecule has 0 atom stereocenters. The van der Waals surface area contributed by atoms with E-state index >= 15 is 0 Å². The summed E-state index contributed by atoms with van der Waals surface area (Å²) < 4.78 is 16.5. The molecule has 0 aromatic heterocycles. The maximum absolute atomic E-state index is 11.6. The average molecular weight is 207 g/mol. The molecular formula is C10H22FNO2. The van der Waals surface area contributed by atoms with E-state index in [2.05, 4.69) is 5.32 Å². The van der Waals surface area contributed by atoms with Gasteiger partial charge in [-0.1, -0.05) is 13.8 Å². The Hall–Kier alpha value is -0.800. The van der Waals surface area contributed by atoms with Crippen molar-refractivity contribution in [1.82, 2.24) is 5.32 Å². The number of carbonyl (C=O) groups excluding carboxylic acids is 1. The predicted molar refractivity (Wildman–Crippen MR) is 56.2 cm³/mol. The van der Waals surface area contributed by atoms with E-state index in [4.69, 9.17) is 4.74 Å². The molecule has 0 unspecified atom stereocenters. The molecule has 0 saturated heterocycles. The first-order valence-corrected chi connectivity index (χ1v) is 4.98. The smallest absolute Gasteiger partial charge is 0.407 e. The Kier molecular flexibility index (Phi) is 9.83. The Morgan fingerprint density at radius 1 is 1.36 bits per heavy atom. The van der Waals surface area contributed by atoms with Crippen LogP contribution in [-0.4, -0.2) is 24.9 Å². The minimum Gasteiger partial charge on any atom is -0.444 e. The molecule has 14 heavy (non-hydrogen) atoms. The molecule has 0 saturated carbocycles. The number of nitrogens with one attached hydrogen (secondary N) is 1. The van der Waals surface area contributed by atoms with Crippen LogP contribution < -0.4 is 5.32 Å². The summed E-state index contributed by atoms with van der Waals surface area (Å²) >= 11 is 0. The van der Waals surface area contributed by atoms with Crippen LogP contribution in [0.4, 0.5) is 9.18 Å². The maximum atomic E-state index is 11.6. The molecule has 0 spiro atoms. The molecule has 0 radical (unpaired) electrons. The van der Waals surface area contributed by atoms with Gasteiger partial charge >= 0.3 is 6.09 Å². The number of hydrogen-bond acceptors (Lipinski definition) is 2. The molecule has 0 aromatic rings. The highest BCUT2D eigenvalue weighted by atomic mass is 19.1. The van der Waals surface area contributed by atoms with Gasteiger partial charge in [-0.25, -0.2) is 4.79 Å². The van der Waals surface area contributed by atoms with Crippen molar-refractivity contribution in [1.29, 1.82) is 0 Å². The summed E-state index contributed by atoms with van der Waals surface area (Å²) in [5.41, 5.74) is -0.486. The van der Waals surface area contributed by atoms with Gasteiger partial charge < -0.3 is 10.1 Å². The van der Waals surface area contributed by atoms with Gasteiger partial charge in [-0.05, 0) is 27.2 Å². The molecule has 0 aliphatic rings. The van der Waals surface area contributed by atoms with Crippen molar-refractivity contribution in [2.45, 2.75) is 46.6 Å². The zero-order valence-corrected chi connectivity index (χ0v) is 9.82. The van der Waals surface area contributed by atoms with Crippen molar-refractivity contribution in [3.8, 4) is 0 Å². The molecule has 86 valence electrons. The second-order valence-electron chi connectivity index (χ2n) is 3.47. The van der Waals surface area contributed by atoms with E-state index in [1.165, 1.54) is 0 Å². The number of carbonyl (C=O) groups is 1. The predicted octanol–water partition coefficient (Wildman–Crippen LogP) is 2.90. The van der Waals surface area contributed by atoms with E-state index in [-0.39, 0.29) is 0 Å². The highest BCUT2D eigenvalue weighted by Gasteiger charge is 2.15. The standard InChI is InChI=1S/C8H16FNO2.C2H6/c1-8(2,3)12-7(11)10-6-4-5-9;1-2/h4-6H2,1-3H3,(H,10,11);1-2H3. The van der Waals surface area contributed by atoms with Gasteiger partial charge in [0, 0.05) is 6.54 Å². The number of alkyl halides is 1. The lowest BCUT2D eigenvalue weighted by Crippen LogP contribution is -2.33. The monoisotopic (exact) mass is 207 g/mol. The van der Waals surface area contributed by atoms with Gasteiger partial charge in [0.15, 0.2) is 0 Å². The summed E-state index contributed by atoms with van der Waals surface area (Å²) in [6, 6.07) is 0. The Morgan fingerprint density at radius 3 is 2.21 bits per heavy atom. The van der Waals surface area contributed by atoms with Gasteiger partial charge in [0.1, 0.15) is 5.60 Å². The molecule has 0 aliphatic carbocycles. The van der Waals surface area contributed by atoms with E-state index in [1.807, 2.05) is 13.8 Å². The largest absolute Gasteiger partial charge is 0.444 e. The fraction of sp³-hybridized carbons (Fsp3) is 0.900. The van der Waals surface area contributed by atoms with Crippen molar-refractivity contribution in [2.24, 2.45) is 0 Å². The van der Waals surface area contributed by atoms with E-state index < -0.39 is 18.4 Å². The normalized spacial score (nSPS) is 9.86. The molecule has 1 N–H and O–H groups in total. The van der Waals surface area contributed by atoms with Crippen LogP contribution in [0.25, 0.3) is 0 Å². The van der Waals surface area contributed by atoms with Gasteiger partial charge in [-0.2, -0.15) is 0 Å². The summed E-state index contributed by atoms with van der Waals surface area (Å²) in [5, 5.41) is 2.44. The first-order chi connectivity index (χ1) is 6.45. The van der Waals surface area contributed by atoms with Crippen LogP contribution >= 0.6 is 0 Å². The van der Waals surface area contributed by atoms with Crippen molar-refractivity contribution < 1.29 is 13.9 Å². The quantitative estimate of drug-likeness (QED) is 0.723. The molecule has 4 heteroatoms. The summed E-state index contributed by atoms with van der Waals surface area (Å²) in [6.45, 7) is 9.24. The van der Waals surface area contributed by atoms with Gasteiger partial charge in [-0.3, -0.25) is 4.39 Å². The van der Waals surface area contributed by atoms with Crippen LogP contribution in [0.3, 0.4) is 0 Å². The van der Waals surface area contributed by atoms with Gasteiger partial charge in [0.25, 0.3) is 0 Å². The molecule has 0 heterocycles.